The van der Waals surface area contributed by atoms with Gasteiger partial charge in [0.05, 0.1) is 6.20 Å². The summed E-state index contributed by atoms with van der Waals surface area (Å²) in [5.41, 5.74) is 0.608. The van der Waals surface area contributed by atoms with Gasteiger partial charge in [0, 0.05) is 11.6 Å². The summed E-state index contributed by atoms with van der Waals surface area (Å²) in [6, 6.07) is 2.16. The Kier molecular flexibility index (Phi) is 3.72. The predicted molar refractivity (Wildman–Crippen MR) is 60.1 cm³/mol. The van der Waals surface area contributed by atoms with Gasteiger partial charge in [-0.3, -0.25) is 0 Å². The molecule has 1 aromatic rings. The molecular formula is C12H17FN2O. The normalized spacial score (nSPS) is 20.0. The first-order chi connectivity index (χ1) is 7.79. The molecule has 0 spiro atoms. The third-order valence-corrected chi connectivity index (χ3v) is 2.88. The van der Waals surface area contributed by atoms with E-state index in [1.807, 2.05) is 6.92 Å². The van der Waals surface area contributed by atoms with Gasteiger partial charge < -0.3 is 10.1 Å². The van der Waals surface area contributed by atoms with Gasteiger partial charge in [0.2, 0.25) is 5.95 Å². The number of aryl methyl sites for hydroxylation is 1. The second-order valence-corrected chi connectivity index (χ2v) is 4.08. The third kappa shape index (κ3) is 2.70. The maximum Gasteiger partial charge on any atom is 0.216 e. The Morgan fingerprint density at radius 1 is 1.62 bits per heavy atom. The molecule has 1 fully saturated rings. The van der Waals surface area contributed by atoms with Crippen LogP contribution in [0.1, 0.15) is 25.3 Å². The topological polar surface area (TPSA) is 34.1 Å². The van der Waals surface area contributed by atoms with Crippen molar-refractivity contribution in [2.24, 2.45) is 0 Å². The Bertz CT molecular complexity index is 351. The summed E-state index contributed by atoms with van der Waals surface area (Å²) in [5.74, 6) is 0.265. The number of pyridine rings is 1. The van der Waals surface area contributed by atoms with Gasteiger partial charge in [-0.1, -0.05) is 6.92 Å². The molecule has 0 radical (unpaired) electrons. The van der Waals surface area contributed by atoms with Crippen LogP contribution in [-0.2, 0) is 6.42 Å². The highest BCUT2D eigenvalue weighted by atomic mass is 19.1. The predicted octanol–water partition coefficient (Wildman–Crippen LogP) is 1.91. The SMILES string of the molecule is CCc1cc(OC[C@@H]2CCCN2)cnc1F. The second-order valence-electron chi connectivity index (χ2n) is 4.08. The van der Waals surface area contributed by atoms with E-state index in [0.717, 1.165) is 13.0 Å². The molecule has 1 aromatic heterocycles. The van der Waals surface area contributed by atoms with E-state index in [4.69, 9.17) is 4.74 Å². The molecule has 88 valence electrons. The lowest BCUT2D eigenvalue weighted by atomic mass is 10.2. The van der Waals surface area contributed by atoms with E-state index in [1.54, 1.807) is 6.07 Å². The molecule has 1 atom stereocenters. The first-order valence-corrected chi connectivity index (χ1v) is 5.80. The Morgan fingerprint density at radius 2 is 2.50 bits per heavy atom. The monoisotopic (exact) mass is 224 g/mol. The van der Waals surface area contributed by atoms with E-state index in [9.17, 15) is 4.39 Å². The molecule has 0 aromatic carbocycles. The summed E-state index contributed by atoms with van der Waals surface area (Å²) < 4.78 is 18.7. The van der Waals surface area contributed by atoms with Crippen LogP contribution in [0.5, 0.6) is 5.75 Å². The van der Waals surface area contributed by atoms with Crippen molar-refractivity contribution in [3.8, 4) is 5.75 Å². The Morgan fingerprint density at radius 3 is 3.19 bits per heavy atom. The van der Waals surface area contributed by atoms with Gasteiger partial charge in [-0.15, -0.1) is 0 Å². The van der Waals surface area contributed by atoms with E-state index in [1.165, 1.54) is 12.6 Å². The molecule has 1 aliphatic heterocycles. The Labute approximate surface area is 95.0 Å². The van der Waals surface area contributed by atoms with Crippen LogP contribution in [0.4, 0.5) is 4.39 Å². The van der Waals surface area contributed by atoms with Crippen molar-refractivity contribution in [3.63, 3.8) is 0 Å². The first kappa shape index (κ1) is 11.3. The number of aromatic nitrogens is 1. The molecule has 16 heavy (non-hydrogen) atoms. The number of rotatable bonds is 4. The number of hydrogen-bond donors (Lipinski definition) is 1. The fourth-order valence-corrected chi connectivity index (χ4v) is 1.89. The average molecular weight is 224 g/mol. The molecule has 0 bridgehead atoms. The van der Waals surface area contributed by atoms with Crippen molar-refractivity contribution in [1.29, 1.82) is 0 Å². The maximum atomic E-state index is 13.1. The Balaban J connectivity index is 1.93. The molecule has 0 saturated carbocycles. The van der Waals surface area contributed by atoms with Gasteiger partial charge in [-0.2, -0.15) is 4.39 Å². The zero-order valence-corrected chi connectivity index (χ0v) is 9.50. The zero-order valence-electron chi connectivity index (χ0n) is 9.50. The maximum absolute atomic E-state index is 13.1. The lowest BCUT2D eigenvalue weighted by molar-refractivity contribution is 0.275. The quantitative estimate of drug-likeness (QED) is 0.793. The molecule has 1 aliphatic rings. The van der Waals surface area contributed by atoms with E-state index >= 15 is 0 Å². The standard InChI is InChI=1S/C12H17FN2O/c1-2-9-6-11(7-15-12(9)13)16-8-10-4-3-5-14-10/h6-7,10,14H,2-5,8H2,1H3/t10-/m0/s1. The smallest absolute Gasteiger partial charge is 0.216 e. The summed E-state index contributed by atoms with van der Waals surface area (Å²) in [6.45, 7) is 3.61. The first-order valence-electron chi connectivity index (χ1n) is 5.80. The number of halogens is 1. The van der Waals surface area contributed by atoms with Crippen LogP contribution in [-0.4, -0.2) is 24.2 Å². The molecule has 2 rings (SSSR count). The zero-order chi connectivity index (χ0) is 11.4. The largest absolute Gasteiger partial charge is 0.490 e. The van der Waals surface area contributed by atoms with Crippen molar-refractivity contribution in [2.45, 2.75) is 32.2 Å². The minimum absolute atomic E-state index is 0.395. The summed E-state index contributed by atoms with van der Waals surface area (Å²) >= 11 is 0. The number of nitrogens with one attached hydrogen (secondary N) is 1. The summed E-state index contributed by atoms with van der Waals surface area (Å²) in [4.78, 5) is 3.68. The molecule has 3 nitrogen and oxygen atoms in total. The molecule has 0 amide bonds. The van der Waals surface area contributed by atoms with Crippen LogP contribution in [0.15, 0.2) is 12.3 Å². The molecule has 4 heteroatoms. The molecule has 2 heterocycles. The highest BCUT2D eigenvalue weighted by Gasteiger charge is 2.14. The molecule has 1 N–H and O–H groups in total. The van der Waals surface area contributed by atoms with Crippen molar-refractivity contribution in [1.82, 2.24) is 10.3 Å². The van der Waals surface area contributed by atoms with E-state index < -0.39 is 5.95 Å². The van der Waals surface area contributed by atoms with Gasteiger partial charge in [0.15, 0.2) is 0 Å². The molecule has 0 unspecified atom stereocenters. The van der Waals surface area contributed by atoms with Crippen LogP contribution in [0.2, 0.25) is 0 Å². The number of ether oxygens (including phenoxy) is 1. The lowest BCUT2D eigenvalue weighted by Gasteiger charge is -2.12. The summed E-state index contributed by atoms with van der Waals surface area (Å²) in [5, 5.41) is 3.35. The van der Waals surface area contributed by atoms with Gasteiger partial charge in [-0.05, 0) is 31.9 Å². The molecule has 0 aliphatic carbocycles. The van der Waals surface area contributed by atoms with Crippen LogP contribution >= 0.6 is 0 Å². The highest BCUT2D eigenvalue weighted by molar-refractivity contribution is 5.24. The summed E-state index contributed by atoms with van der Waals surface area (Å²) in [6.07, 6.45) is 4.44. The van der Waals surface area contributed by atoms with Crippen LogP contribution in [0, 0.1) is 5.95 Å². The van der Waals surface area contributed by atoms with Gasteiger partial charge in [0.1, 0.15) is 12.4 Å². The fourth-order valence-electron chi connectivity index (χ4n) is 1.89. The van der Waals surface area contributed by atoms with E-state index in [2.05, 4.69) is 10.3 Å². The second kappa shape index (κ2) is 5.25. The van der Waals surface area contributed by atoms with Crippen molar-refractivity contribution in [3.05, 3.63) is 23.8 Å². The van der Waals surface area contributed by atoms with Gasteiger partial charge in [0.25, 0.3) is 0 Å². The van der Waals surface area contributed by atoms with Crippen molar-refractivity contribution in [2.75, 3.05) is 13.2 Å². The average Bonchev–Trinajstić information content (AvgIpc) is 2.81. The minimum Gasteiger partial charge on any atom is -0.490 e. The fraction of sp³-hybridized carbons (Fsp3) is 0.583. The van der Waals surface area contributed by atoms with Crippen LogP contribution < -0.4 is 10.1 Å². The van der Waals surface area contributed by atoms with Gasteiger partial charge >= 0.3 is 0 Å². The van der Waals surface area contributed by atoms with Gasteiger partial charge in [-0.25, -0.2) is 4.98 Å². The molecule has 1 saturated heterocycles. The van der Waals surface area contributed by atoms with Crippen molar-refractivity contribution < 1.29 is 9.13 Å². The lowest BCUT2D eigenvalue weighted by Crippen LogP contribution is -2.28. The van der Waals surface area contributed by atoms with Crippen molar-refractivity contribution >= 4 is 0 Å². The highest BCUT2D eigenvalue weighted by Crippen LogP contribution is 2.16. The van der Waals surface area contributed by atoms with Crippen LogP contribution in [0.25, 0.3) is 0 Å². The Hall–Kier alpha value is -1.16. The van der Waals surface area contributed by atoms with E-state index in [0.29, 0.717) is 30.4 Å². The summed E-state index contributed by atoms with van der Waals surface area (Å²) in [7, 11) is 0. The minimum atomic E-state index is -0.395. The number of nitrogens with zero attached hydrogens (tertiary/aromatic N) is 1. The third-order valence-electron chi connectivity index (χ3n) is 2.88. The molecular weight excluding hydrogens is 207 g/mol. The number of hydrogen-bond acceptors (Lipinski definition) is 3. The van der Waals surface area contributed by atoms with Crippen LogP contribution in [0.3, 0.4) is 0 Å². The van der Waals surface area contributed by atoms with E-state index in [-0.39, 0.29) is 0 Å².